The van der Waals surface area contributed by atoms with E-state index in [1.807, 2.05) is 0 Å². The third kappa shape index (κ3) is 4.63. The number of para-hydroxylation sites is 1. The monoisotopic (exact) mass is 717 g/mol. The van der Waals surface area contributed by atoms with Gasteiger partial charge in [-0.1, -0.05) is 0 Å². The van der Waals surface area contributed by atoms with E-state index in [4.69, 9.17) is 4.98 Å². The molecular weight excluding hydrogens is 685 g/mol. The minimum atomic E-state index is -4.45. The van der Waals surface area contributed by atoms with E-state index in [0.29, 0.717) is 7.25 Å². The molecule has 0 saturated heterocycles. The summed E-state index contributed by atoms with van der Waals surface area (Å²) in [5.74, 6) is 0. The summed E-state index contributed by atoms with van der Waals surface area (Å²) in [7, 11) is 0. The van der Waals surface area contributed by atoms with Crippen molar-refractivity contribution in [3.63, 3.8) is 0 Å². The molecule has 1 nitrogen and oxygen atoms in total. The minimum absolute atomic E-state index is 0. The Balaban J connectivity index is 0.00000179. The predicted octanol–water partition coefficient (Wildman–Crippen LogP) is 8.86. The van der Waals surface area contributed by atoms with Gasteiger partial charge < -0.3 is 0 Å². The van der Waals surface area contributed by atoms with Gasteiger partial charge in [-0.2, -0.15) is 0 Å². The van der Waals surface area contributed by atoms with Crippen molar-refractivity contribution in [2.45, 2.75) is 14.2 Å². The molecule has 0 bridgehead atoms. The Bertz CT molecular complexity index is 2130. The van der Waals surface area contributed by atoms with Crippen LogP contribution in [0.2, 0.25) is 0 Å². The van der Waals surface area contributed by atoms with Crippen LogP contribution in [0.15, 0.2) is 151 Å². The molecule has 0 N–H and O–H groups in total. The summed E-state index contributed by atoms with van der Waals surface area (Å²) >= 11 is -4.45. The Morgan fingerprint density at radius 3 is 2.02 bits per heavy atom. The van der Waals surface area contributed by atoms with Gasteiger partial charge in [0.15, 0.2) is 0 Å². The quantitative estimate of drug-likeness (QED) is 0.162. The van der Waals surface area contributed by atoms with E-state index in [2.05, 4.69) is 172 Å². The molecule has 8 rings (SSSR count). The molecule has 0 spiro atoms. The molecule has 2 aliphatic rings. The van der Waals surface area contributed by atoms with Crippen LogP contribution in [0.5, 0.6) is 0 Å². The number of nitrogens with zero attached hydrogens (tertiary/aromatic N) is 1. The SMILES string of the molecule is CC1=Cc2c(-c3cnc4ccccc4c3)cccc2[CH]1[Zr](=[SiH2])([c]1ccccc1)([c]1ccccc1)[CH]1C=Cc2ccccc21.Cl.Cl. The first-order valence-corrected chi connectivity index (χ1v) is 26.4. The summed E-state index contributed by atoms with van der Waals surface area (Å²) < 4.78 is 3.74. The fourth-order valence-corrected chi connectivity index (χ4v) is 35.3. The van der Waals surface area contributed by atoms with E-state index in [1.54, 1.807) is 6.54 Å². The van der Waals surface area contributed by atoms with Crippen molar-refractivity contribution in [2.24, 2.45) is 0 Å². The van der Waals surface area contributed by atoms with Crippen LogP contribution >= 0.6 is 24.8 Å². The molecule has 0 amide bonds. The molecule has 0 saturated carbocycles. The van der Waals surface area contributed by atoms with E-state index in [1.165, 1.54) is 44.3 Å². The molecule has 0 fully saturated rings. The maximum absolute atomic E-state index is 4.85. The Labute approximate surface area is 280 Å². The normalized spacial score (nSPS) is 16.7. The molecule has 2 aliphatic carbocycles. The number of fused-ring (bicyclic) bond motifs is 3. The topological polar surface area (TPSA) is 12.9 Å². The second-order valence-corrected chi connectivity index (χ2v) is 35.2. The Morgan fingerprint density at radius 1 is 0.667 bits per heavy atom. The standard InChI is InChI=1S/C19H14N.C9H7.2C6H5.2ClH.H2Si.Zr/c1-13-9-14-6-4-7-17(18(14)10-13)16-11-15-5-2-3-8-19(15)20-12-16;1-2-5-9-7-3-6-8(9)4-1;2*1-2-4-6-5-3-1;;;;/h2-12H,1H3;1-7H;2*1-5H;2*1H;1H2;. The first-order valence-electron chi connectivity index (χ1n) is 15.1. The number of aromatic nitrogens is 1. The summed E-state index contributed by atoms with van der Waals surface area (Å²) in [4.78, 5) is 4.85. The van der Waals surface area contributed by atoms with Crippen molar-refractivity contribution in [2.75, 3.05) is 0 Å². The summed E-state index contributed by atoms with van der Waals surface area (Å²) in [6.07, 6.45) is 9.51. The predicted molar refractivity (Wildman–Crippen MR) is 197 cm³/mol. The fourth-order valence-electron chi connectivity index (χ4n) is 8.42. The van der Waals surface area contributed by atoms with Gasteiger partial charge in [0, 0.05) is 0 Å². The van der Waals surface area contributed by atoms with Crippen molar-refractivity contribution in [1.29, 1.82) is 0 Å². The molecule has 2 atom stereocenters. The van der Waals surface area contributed by atoms with Crippen LogP contribution in [-0.4, -0.2) is 11.9 Å². The van der Waals surface area contributed by atoms with Gasteiger partial charge in [-0.25, -0.2) is 0 Å². The largest absolute Gasteiger partial charge is 0.147 e. The van der Waals surface area contributed by atoms with Crippen LogP contribution in [0.1, 0.15) is 36.4 Å². The first kappa shape index (κ1) is 31.6. The van der Waals surface area contributed by atoms with Crippen molar-refractivity contribution in [1.82, 2.24) is 4.98 Å². The number of allylic oxidation sites excluding steroid dienone is 2. The third-order valence-corrected chi connectivity index (χ3v) is 38.3. The van der Waals surface area contributed by atoms with E-state index >= 15 is 0 Å². The van der Waals surface area contributed by atoms with Crippen molar-refractivity contribution >= 4 is 61.3 Å². The first-order chi connectivity index (χ1) is 21.1. The van der Waals surface area contributed by atoms with Crippen LogP contribution in [-0.2, 0) is 17.4 Å². The van der Waals surface area contributed by atoms with Gasteiger partial charge in [-0.3, -0.25) is 0 Å². The molecule has 2 unspecified atom stereocenters. The van der Waals surface area contributed by atoms with E-state index in [0.717, 1.165) is 5.52 Å². The summed E-state index contributed by atoms with van der Waals surface area (Å²) in [6.45, 7) is 4.81. The second-order valence-electron chi connectivity index (χ2n) is 12.4. The maximum atomic E-state index is 4.85. The molecular formula is C40H35Cl2NSiZr. The Kier molecular flexibility index (Phi) is 8.52. The smallest absolute Gasteiger partial charge is 0.147 e. The third-order valence-electron chi connectivity index (χ3n) is 10.3. The second kappa shape index (κ2) is 12.1. The molecule has 0 radical (unpaired) electrons. The van der Waals surface area contributed by atoms with Gasteiger partial charge in [0.25, 0.3) is 0 Å². The number of hydrogen-bond acceptors (Lipinski definition) is 1. The zero-order valence-corrected chi connectivity index (χ0v) is 30.6. The molecule has 6 aromatic rings. The maximum Gasteiger partial charge on any atom is -0.147 e. The van der Waals surface area contributed by atoms with Crippen molar-refractivity contribution in [3.05, 3.63) is 174 Å². The summed E-state index contributed by atoms with van der Waals surface area (Å²) in [5, 5.41) is 1.18. The average Bonchev–Trinajstić information content (AvgIpc) is 3.67. The zero-order chi connectivity index (χ0) is 29.0. The molecule has 45 heavy (non-hydrogen) atoms. The Hall–Kier alpha value is -3.33. The summed E-state index contributed by atoms with van der Waals surface area (Å²) in [6, 6.07) is 50.0. The van der Waals surface area contributed by atoms with Crippen LogP contribution in [0.4, 0.5) is 0 Å². The van der Waals surface area contributed by atoms with E-state index < -0.39 is 17.4 Å². The number of benzene rings is 5. The number of pyridine rings is 1. The summed E-state index contributed by atoms with van der Waals surface area (Å²) in [5.41, 5.74) is 10.6. The molecule has 1 heterocycles. The molecule has 0 aliphatic heterocycles. The van der Waals surface area contributed by atoms with E-state index in [-0.39, 0.29) is 24.8 Å². The number of rotatable bonds is 5. The van der Waals surface area contributed by atoms with E-state index in [9.17, 15) is 0 Å². The minimum Gasteiger partial charge on any atom is -0.147 e. The Morgan fingerprint density at radius 2 is 1.29 bits per heavy atom. The molecule has 5 heteroatoms. The van der Waals surface area contributed by atoms with Crippen molar-refractivity contribution < 1.29 is 17.4 Å². The van der Waals surface area contributed by atoms with Crippen molar-refractivity contribution in [3.8, 4) is 11.1 Å². The average molecular weight is 720 g/mol. The van der Waals surface area contributed by atoms with Gasteiger partial charge in [-0.05, 0) is 0 Å². The zero-order valence-electron chi connectivity index (χ0n) is 25.1. The van der Waals surface area contributed by atoms with Gasteiger partial charge in [0.1, 0.15) is 0 Å². The van der Waals surface area contributed by atoms with Crippen LogP contribution in [0, 0.1) is 0 Å². The van der Waals surface area contributed by atoms with Crippen LogP contribution in [0.3, 0.4) is 0 Å². The van der Waals surface area contributed by atoms with Gasteiger partial charge in [0.2, 0.25) is 0 Å². The van der Waals surface area contributed by atoms with Gasteiger partial charge in [0.05, 0.1) is 0 Å². The molecule has 5 aromatic carbocycles. The number of halogens is 2. The number of hydrogen-bond donors (Lipinski definition) is 0. The van der Waals surface area contributed by atoms with Gasteiger partial charge >= 0.3 is 258 Å². The van der Waals surface area contributed by atoms with Crippen LogP contribution in [0.25, 0.3) is 34.2 Å². The molecule has 1 aromatic heterocycles. The van der Waals surface area contributed by atoms with Gasteiger partial charge in [-0.15, -0.1) is 24.8 Å². The van der Waals surface area contributed by atoms with Crippen LogP contribution < -0.4 is 6.54 Å². The molecule has 222 valence electrons. The fraction of sp³-hybridized carbons (Fsp3) is 0.0750.